The Morgan fingerprint density at radius 3 is 2.34 bits per heavy atom. The number of ether oxygens (including phenoxy) is 1. The van der Waals surface area contributed by atoms with Crippen LogP contribution in [-0.2, 0) is 4.74 Å². The van der Waals surface area contributed by atoms with Crippen LogP contribution in [0.25, 0.3) is 22.4 Å². The van der Waals surface area contributed by atoms with Crippen molar-refractivity contribution in [2.45, 2.75) is 25.8 Å². The number of rotatable bonds is 6. The maximum Gasteiger partial charge on any atom is 0.411 e. The van der Waals surface area contributed by atoms with E-state index in [1.54, 1.807) is 19.1 Å². The van der Waals surface area contributed by atoms with Crippen LogP contribution in [0.4, 0.5) is 16.3 Å². The van der Waals surface area contributed by atoms with Crippen molar-refractivity contribution in [3.05, 3.63) is 66.4 Å². The van der Waals surface area contributed by atoms with Crippen molar-refractivity contribution >= 4 is 34.5 Å². The fourth-order valence-electron chi connectivity index (χ4n) is 5.62. The summed E-state index contributed by atoms with van der Waals surface area (Å²) >= 11 is 0. The van der Waals surface area contributed by atoms with Crippen molar-refractivity contribution in [3.8, 4) is 11.4 Å². The van der Waals surface area contributed by atoms with Gasteiger partial charge in [-0.05, 0) is 56.2 Å². The normalized spacial score (nSPS) is 16.2. The molecule has 0 unspecified atom stereocenters. The molecular weight excluding hydrogens is 522 g/mol. The molecule has 4 heterocycles. The Hall–Kier alpha value is -4.51. The van der Waals surface area contributed by atoms with Crippen LogP contribution >= 0.6 is 0 Å². The van der Waals surface area contributed by atoms with Crippen molar-refractivity contribution in [2.24, 2.45) is 0 Å². The van der Waals surface area contributed by atoms with E-state index in [-0.39, 0.29) is 11.9 Å². The van der Waals surface area contributed by atoms with Gasteiger partial charge in [-0.3, -0.25) is 9.69 Å². The molecule has 212 valence electrons. The molecular formula is C30H33N7O4. The number of benzene rings is 2. The van der Waals surface area contributed by atoms with Crippen molar-refractivity contribution in [1.82, 2.24) is 24.6 Å². The number of hydrogen-bond acceptors (Lipinski definition) is 7. The molecule has 0 bridgehead atoms. The largest absolute Gasteiger partial charge is 0.465 e. The zero-order valence-electron chi connectivity index (χ0n) is 23.0. The molecule has 2 aliphatic heterocycles. The number of fused-ring (bicyclic) bond motifs is 1. The molecule has 0 radical (unpaired) electrons. The van der Waals surface area contributed by atoms with Crippen LogP contribution in [0.5, 0.6) is 0 Å². The highest BCUT2D eigenvalue weighted by Gasteiger charge is 2.28. The molecule has 0 spiro atoms. The smallest absolute Gasteiger partial charge is 0.411 e. The van der Waals surface area contributed by atoms with Gasteiger partial charge < -0.3 is 19.6 Å². The average molecular weight is 556 g/mol. The number of anilines is 2. The van der Waals surface area contributed by atoms with Gasteiger partial charge in [-0.1, -0.05) is 18.2 Å². The molecule has 41 heavy (non-hydrogen) atoms. The summed E-state index contributed by atoms with van der Waals surface area (Å²) in [5.74, 6) is 1.44. The highest BCUT2D eigenvalue weighted by Crippen LogP contribution is 2.33. The number of carboxylic acid groups (broad SMARTS) is 1. The molecule has 2 saturated heterocycles. The Balaban J connectivity index is 1.31. The third kappa shape index (κ3) is 5.32. The fraction of sp³-hybridized carbons (Fsp3) is 0.367. The van der Waals surface area contributed by atoms with Gasteiger partial charge in [0.2, 0.25) is 0 Å². The minimum atomic E-state index is -0.993. The summed E-state index contributed by atoms with van der Waals surface area (Å²) in [6.45, 7) is 6.14. The van der Waals surface area contributed by atoms with Crippen LogP contribution in [-0.4, -0.2) is 87.7 Å². The Labute approximate surface area is 238 Å². The Morgan fingerprint density at radius 2 is 1.68 bits per heavy atom. The summed E-state index contributed by atoms with van der Waals surface area (Å²) in [6.07, 6.45) is 2.41. The third-order valence-electron chi connectivity index (χ3n) is 7.85. The van der Waals surface area contributed by atoms with Crippen LogP contribution in [0, 0.1) is 0 Å². The van der Waals surface area contributed by atoms with Crippen molar-refractivity contribution < 1.29 is 19.4 Å². The van der Waals surface area contributed by atoms with E-state index in [0.717, 1.165) is 48.3 Å². The predicted molar refractivity (Wildman–Crippen MR) is 155 cm³/mol. The molecule has 11 heteroatoms. The van der Waals surface area contributed by atoms with Gasteiger partial charge in [0.15, 0.2) is 11.5 Å². The molecule has 4 aromatic rings. The zero-order valence-corrected chi connectivity index (χ0v) is 23.0. The topological polar surface area (TPSA) is 117 Å². The number of aromatic nitrogens is 4. The highest BCUT2D eigenvalue weighted by molar-refractivity contribution is 5.94. The molecule has 2 fully saturated rings. The summed E-state index contributed by atoms with van der Waals surface area (Å²) in [4.78, 5) is 39.9. The van der Waals surface area contributed by atoms with Gasteiger partial charge in [-0.15, -0.1) is 0 Å². The first-order valence-electron chi connectivity index (χ1n) is 14.1. The molecule has 1 N–H and O–H groups in total. The summed E-state index contributed by atoms with van der Waals surface area (Å²) in [7, 11) is 0. The molecule has 2 aromatic heterocycles. The van der Waals surface area contributed by atoms with E-state index in [9.17, 15) is 14.7 Å². The van der Waals surface area contributed by atoms with Gasteiger partial charge in [0, 0.05) is 49.5 Å². The second-order valence-corrected chi connectivity index (χ2v) is 10.3. The molecule has 11 nitrogen and oxygen atoms in total. The number of hydrogen-bond donors (Lipinski definition) is 1. The quantitative estimate of drug-likeness (QED) is 0.374. The van der Waals surface area contributed by atoms with Gasteiger partial charge in [0.25, 0.3) is 5.91 Å². The Bertz CT molecular complexity index is 1530. The lowest BCUT2D eigenvalue weighted by Gasteiger charge is -2.32. The van der Waals surface area contributed by atoms with E-state index in [4.69, 9.17) is 19.8 Å². The number of likely N-dealkylation sites (tertiary alicyclic amines) is 1. The van der Waals surface area contributed by atoms with Crippen LogP contribution in [0.1, 0.15) is 36.2 Å². The lowest BCUT2D eigenvalue weighted by molar-refractivity contribution is 0.0691. The van der Waals surface area contributed by atoms with Crippen LogP contribution in [0.3, 0.4) is 0 Å². The third-order valence-corrected chi connectivity index (χ3v) is 7.85. The average Bonchev–Trinajstić information content (AvgIpc) is 3.46. The fourth-order valence-corrected chi connectivity index (χ4v) is 5.62. The Morgan fingerprint density at radius 1 is 0.976 bits per heavy atom. The van der Waals surface area contributed by atoms with E-state index < -0.39 is 6.09 Å². The van der Waals surface area contributed by atoms with Crippen LogP contribution < -0.4 is 9.80 Å². The van der Waals surface area contributed by atoms with Crippen LogP contribution in [0.2, 0.25) is 0 Å². The van der Waals surface area contributed by atoms with Crippen molar-refractivity contribution in [1.29, 1.82) is 0 Å². The second kappa shape index (κ2) is 11.5. The van der Waals surface area contributed by atoms with Crippen LogP contribution in [0.15, 0.2) is 60.8 Å². The van der Waals surface area contributed by atoms with E-state index in [0.29, 0.717) is 49.9 Å². The summed E-state index contributed by atoms with van der Waals surface area (Å²) in [6, 6.07) is 16.8. The minimum Gasteiger partial charge on any atom is -0.465 e. The number of amides is 2. The van der Waals surface area contributed by atoms with Gasteiger partial charge in [0.05, 0.1) is 30.8 Å². The molecule has 2 aromatic carbocycles. The Kier molecular flexibility index (Phi) is 7.51. The molecule has 0 atom stereocenters. The second-order valence-electron chi connectivity index (χ2n) is 10.3. The highest BCUT2D eigenvalue weighted by atomic mass is 16.5. The van der Waals surface area contributed by atoms with Gasteiger partial charge in [0.1, 0.15) is 5.82 Å². The SMILES string of the molecule is CCN(C(=O)O)c1ccc(-c2nc(N3CCOCC3)c3cnn(C4CCN(C(=O)c5ccccc5)CC4)c3n2)cc1. The van der Waals surface area contributed by atoms with E-state index in [1.165, 1.54) is 4.90 Å². The van der Waals surface area contributed by atoms with E-state index in [2.05, 4.69) is 4.90 Å². The number of carbonyl (C=O) groups excluding carboxylic acids is 1. The van der Waals surface area contributed by atoms with Gasteiger partial charge in [-0.2, -0.15) is 5.10 Å². The lowest BCUT2D eigenvalue weighted by Crippen LogP contribution is -2.39. The van der Waals surface area contributed by atoms with E-state index >= 15 is 0 Å². The molecule has 0 aliphatic carbocycles. The van der Waals surface area contributed by atoms with Gasteiger partial charge in [-0.25, -0.2) is 19.4 Å². The molecule has 0 saturated carbocycles. The zero-order chi connectivity index (χ0) is 28.3. The molecule has 2 aliphatic rings. The molecule has 2 amide bonds. The van der Waals surface area contributed by atoms with Gasteiger partial charge >= 0.3 is 6.09 Å². The predicted octanol–water partition coefficient (Wildman–Crippen LogP) is 4.31. The number of morpholine rings is 1. The first-order valence-corrected chi connectivity index (χ1v) is 14.1. The standard InChI is InChI=1S/C30H33N7O4/c1-2-36(30(39)40)23-10-8-21(9-11-23)26-32-27(34-16-18-41-19-17-34)25-20-31-37(28(25)33-26)24-12-14-35(15-13-24)29(38)22-6-4-3-5-7-22/h3-11,20,24H,2,12-19H2,1H3,(H,39,40). The number of nitrogens with zero attached hydrogens (tertiary/aromatic N) is 7. The number of carbonyl (C=O) groups is 2. The van der Waals surface area contributed by atoms with Crippen molar-refractivity contribution in [3.63, 3.8) is 0 Å². The summed E-state index contributed by atoms with van der Waals surface area (Å²) in [5, 5.41) is 15.2. The first-order chi connectivity index (χ1) is 20.0. The lowest BCUT2D eigenvalue weighted by atomic mass is 10.0. The van der Waals surface area contributed by atoms with Crippen molar-refractivity contribution in [2.75, 3.05) is 55.7 Å². The monoisotopic (exact) mass is 555 g/mol. The summed E-state index contributed by atoms with van der Waals surface area (Å²) in [5.41, 5.74) is 2.86. The first kappa shape index (κ1) is 26.7. The van der Waals surface area contributed by atoms with E-state index in [1.807, 2.05) is 58.2 Å². The molecule has 6 rings (SSSR count). The maximum absolute atomic E-state index is 13.0. The number of piperidine rings is 1. The minimum absolute atomic E-state index is 0.0570. The summed E-state index contributed by atoms with van der Waals surface area (Å²) < 4.78 is 7.58. The maximum atomic E-state index is 13.0.